The van der Waals surface area contributed by atoms with Crippen LogP contribution in [0.4, 0.5) is 5.69 Å². The third-order valence-electron chi connectivity index (χ3n) is 3.52. The molecule has 1 amide bonds. The van der Waals surface area contributed by atoms with E-state index >= 15 is 0 Å². The summed E-state index contributed by atoms with van der Waals surface area (Å²) in [6, 6.07) is 11.4. The quantitative estimate of drug-likeness (QED) is 0.854. The molecule has 0 saturated heterocycles. The van der Waals surface area contributed by atoms with Gasteiger partial charge in [0.1, 0.15) is 11.5 Å². The summed E-state index contributed by atoms with van der Waals surface area (Å²) in [6.07, 6.45) is 0. The van der Waals surface area contributed by atoms with Crippen LogP contribution in [0, 0.1) is 0 Å². The van der Waals surface area contributed by atoms with Crippen molar-refractivity contribution >= 4 is 21.6 Å². The summed E-state index contributed by atoms with van der Waals surface area (Å²) in [5, 5.41) is 2.59. The van der Waals surface area contributed by atoms with Crippen molar-refractivity contribution in [1.29, 1.82) is 0 Å². The van der Waals surface area contributed by atoms with E-state index in [9.17, 15) is 13.2 Å². The Balaban J connectivity index is 1.75. The van der Waals surface area contributed by atoms with E-state index in [1.807, 2.05) is 0 Å². The lowest BCUT2D eigenvalue weighted by Gasteiger charge is -2.18. The maximum atomic E-state index is 12.4. The van der Waals surface area contributed by atoms with Crippen LogP contribution in [0.1, 0.15) is 5.56 Å². The molecule has 0 bridgehead atoms. The van der Waals surface area contributed by atoms with Gasteiger partial charge in [0.2, 0.25) is 10.0 Å². The number of amides is 1. The molecule has 1 aliphatic rings. The number of sulfonamides is 1. The first kappa shape index (κ1) is 16.3. The van der Waals surface area contributed by atoms with Gasteiger partial charge in [-0.15, -0.1) is 0 Å². The summed E-state index contributed by atoms with van der Waals surface area (Å²) >= 11 is 0. The topological polar surface area (TPSA) is 93.7 Å². The standard InChI is InChI=1S/C16H16N2O5S/c1-22-12-4-2-11(3-5-12)9-17-24(20,21)13-6-7-15-14(8-13)18-16(19)10-23-15/h2-8,17H,9-10H2,1H3,(H,18,19). The van der Waals surface area contributed by atoms with Gasteiger partial charge in [-0.1, -0.05) is 12.1 Å². The Morgan fingerprint density at radius 3 is 2.67 bits per heavy atom. The minimum absolute atomic E-state index is 0.0561. The number of fused-ring (bicyclic) bond motifs is 1. The predicted molar refractivity (Wildman–Crippen MR) is 87.6 cm³/mol. The average Bonchev–Trinajstić information content (AvgIpc) is 2.59. The average molecular weight is 348 g/mol. The third kappa shape index (κ3) is 3.50. The van der Waals surface area contributed by atoms with Gasteiger partial charge in [0.05, 0.1) is 17.7 Å². The maximum absolute atomic E-state index is 12.4. The summed E-state index contributed by atoms with van der Waals surface area (Å²) in [5.41, 5.74) is 1.15. The maximum Gasteiger partial charge on any atom is 0.262 e. The molecule has 126 valence electrons. The zero-order valence-corrected chi connectivity index (χ0v) is 13.7. The number of benzene rings is 2. The Morgan fingerprint density at radius 2 is 1.96 bits per heavy atom. The van der Waals surface area contributed by atoms with E-state index in [0.717, 1.165) is 5.56 Å². The predicted octanol–water partition coefficient (Wildman–Crippen LogP) is 1.50. The minimum atomic E-state index is -3.71. The first-order valence-electron chi connectivity index (χ1n) is 7.17. The molecule has 0 radical (unpaired) electrons. The Labute approximate surface area is 139 Å². The van der Waals surface area contributed by atoms with Gasteiger partial charge in [0, 0.05) is 6.54 Å². The highest BCUT2D eigenvalue weighted by Crippen LogP contribution is 2.30. The molecule has 0 spiro atoms. The van der Waals surface area contributed by atoms with Gasteiger partial charge in [-0.2, -0.15) is 0 Å². The molecule has 0 atom stereocenters. The third-order valence-corrected chi connectivity index (χ3v) is 4.92. The van der Waals surface area contributed by atoms with Crippen LogP contribution >= 0.6 is 0 Å². The molecule has 1 aliphatic heterocycles. The number of anilines is 1. The van der Waals surface area contributed by atoms with Crippen molar-refractivity contribution in [2.75, 3.05) is 19.0 Å². The lowest BCUT2D eigenvalue weighted by Crippen LogP contribution is -2.27. The van der Waals surface area contributed by atoms with Crippen molar-refractivity contribution < 1.29 is 22.7 Å². The Bertz CT molecular complexity index is 863. The Hall–Kier alpha value is -2.58. The van der Waals surface area contributed by atoms with Crippen LogP contribution in [-0.2, 0) is 21.4 Å². The fourth-order valence-electron chi connectivity index (χ4n) is 2.23. The second-order valence-corrected chi connectivity index (χ2v) is 6.93. The van der Waals surface area contributed by atoms with Crippen LogP contribution in [0.25, 0.3) is 0 Å². The van der Waals surface area contributed by atoms with Gasteiger partial charge in [-0.3, -0.25) is 4.79 Å². The lowest BCUT2D eigenvalue weighted by atomic mass is 10.2. The van der Waals surface area contributed by atoms with E-state index < -0.39 is 10.0 Å². The smallest absolute Gasteiger partial charge is 0.262 e. The highest BCUT2D eigenvalue weighted by molar-refractivity contribution is 7.89. The Morgan fingerprint density at radius 1 is 1.21 bits per heavy atom. The van der Waals surface area contributed by atoms with Crippen molar-refractivity contribution in [3.63, 3.8) is 0 Å². The number of carbonyl (C=O) groups is 1. The van der Waals surface area contributed by atoms with Crippen LogP contribution in [0.5, 0.6) is 11.5 Å². The second-order valence-electron chi connectivity index (χ2n) is 5.17. The lowest BCUT2D eigenvalue weighted by molar-refractivity contribution is -0.118. The SMILES string of the molecule is COc1ccc(CNS(=O)(=O)c2ccc3c(c2)NC(=O)CO3)cc1. The molecule has 0 saturated carbocycles. The molecule has 1 heterocycles. The summed E-state index contributed by atoms with van der Waals surface area (Å²) in [4.78, 5) is 11.4. The number of rotatable bonds is 5. The second kappa shape index (κ2) is 6.50. The van der Waals surface area contributed by atoms with Gasteiger partial charge in [0.15, 0.2) is 6.61 Å². The highest BCUT2D eigenvalue weighted by atomic mass is 32.2. The van der Waals surface area contributed by atoms with Gasteiger partial charge < -0.3 is 14.8 Å². The summed E-state index contributed by atoms with van der Waals surface area (Å²) in [6.45, 7) is 0.0705. The number of carbonyl (C=O) groups excluding carboxylic acids is 1. The van der Waals surface area contributed by atoms with Crippen LogP contribution in [0.3, 0.4) is 0 Å². The monoisotopic (exact) mass is 348 g/mol. The molecule has 2 aromatic carbocycles. The number of hydrogen-bond acceptors (Lipinski definition) is 5. The number of nitrogens with one attached hydrogen (secondary N) is 2. The fourth-order valence-corrected chi connectivity index (χ4v) is 3.28. The number of methoxy groups -OCH3 is 1. The minimum Gasteiger partial charge on any atom is -0.497 e. The van der Waals surface area contributed by atoms with Crippen LogP contribution in [0.15, 0.2) is 47.4 Å². The summed E-state index contributed by atoms with van der Waals surface area (Å²) < 4.78 is 37.6. The molecule has 8 heteroatoms. The van der Waals surface area contributed by atoms with E-state index in [0.29, 0.717) is 17.2 Å². The highest BCUT2D eigenvalue weighted by Gasteiger charge is 2.20. The molecule has 0 fully saturated rings. The van der Waals surface area contributed by atoms with E-state index in [-0.39, 0.29) is 24.0 Å². The molecular weight excluding hydrogens is 332 g/mol. The van der Waals surface area contributed by atoms with Gasteiger partial charge in [0.25, 0.3) is 5.91 Å². The Kier molecular flexibility index (Phi) is 4.41. The van der Waals surface area contributed by atoms with Gasteiger partial charge >= 0.3 is 0 Å². The van der Waals surface area contributed by atoms with Crippen molar-refractivity contribution in [1.82, 2.24) is 4.72 Å². The summed E-state index contributed by atoms with van der Waals surface area (Å²) in [7, 11) is -2.15. The molecule has 0 aromatic heterocycles. The van der Waals surface area contributed by atoms with Crippen LogP contribution < -0.4 is 19.5 Å². The first-order valence-corrected chi connectivity index (χ1v) is 8.65. The van der Waals surface area contributed by atoms with Crippen LogP contribution in [-0.4, -0.2) is 28.0 Å². The largest absolute Gasteiger partial charge is 0.497 e. The van der Waals surface area contributed by atoms with E-state index in [2.05, 4.69) is 10.0 Å². The van der Waals surface area contributed by atoms with Crippen molar-refractivity contribution in [3.8, 4) is 11.5 Å². The van der Waals surface area contributed by atoms with Crippen LogP contribution in [0.2, 0.25) is 0 Å². The number of hydrogen-bond donors (Lipinski definition) is 2. The van der Waals surface area contributed by atoms with Crippen molar-refractivity contribution in [2.45, 2.75) is 11.4 Å². The van der Waals surface area contributed by atoms with Gasteiger partial charge in [-0.25, -0.2) is 13.1 Å². The molecule has 24 heavy (non-hydrogen) atoms. The first-order chi connectivity index (χ1) is 11.5. The molecule has 2 N–H and O–H groups in total. The molecule has 0 aliphatic carbocycles. The normalized spacial score (nSPS) is 13.6. The van der Waals surface area contributed by atoms with Gasteiger partial charge in [-0.05, 0) is 35.9 Å². The molecule has 0 unspecified atom stereocenters. The zero-order valence-electron chi connectivity index (χ0n) is 12.9. The molecule has 2 aromatic rings. The molecule has 7 nitrogen and oxygen atoms in total. The fraction of sp³-hybridized carbons (Fsp3) is 0.188. The van der Waals surface area contributed by atoms with Crippen molar-refractivity contribution in [3.05, 3.63) is 48.0 Å². The summed E-state index contributed by atoms with van der Waals surface area (Å²) in [5.74, 6) is 0.832. The number of ether oxygens (including phenoxy) is 2. The van der Waals surface area contributed by atoms with E-state index in [1.54, 1.807) is 31.4 Å². The van der Waals surface area contributed by atoms with Crippen molar-refractivity contribution in [2.24, 2.45) is 0 Å². The molecular formula is C16H16N2O5S. The van der Waals surface area contributed by atoms with E-state index in [1.165, 1.54) is 18.2 Å². The van der Waals surface area contributed by atoms with E-state index in [4.69, 9.17) is 9.47 Å². The zero-order chi connectivity index (χ0) is 17.2. The molecule has 3 rings (SSSR count).